The fraction of sp³-hybridized carbons (Fsp3) is 0.737. The van der Waals surface area contributed by atoms with Gasteiger partial charge in [-0.2, -0.15) is 0 Å². The second-order valence-electron chi connectivity index (χ2n) is 7.76. The summed E-state index contributed by atoms with van der Waals surface area (Å²) in [5.74, 6) is 1.91. The molecule has 0 aromatic carbocycles. The van der Waals surface area contributed by atoms with Crippen molar-refractivity contribution in [2.75, 3.05) is 24.5 Å². The summed E-state index contributed by atoms with van der Waals surface area (Å²) in [6.45, 7) is 13.8. The van der Waals surface area contributed by atoms with Crippen LogP contribution in [-0.4, -0.2) is 57.5 Å². The molecule has 0 atom stereocenters. The lowest BCUT2D eigenvalue weighted by atomic mass is 10.0. The average molecular weight is 345 g/mol. The van der Waals surface area contributed by atoms with Crippen molar-refractivity contribution in [3.8, 4) is 0 Å². The summed E-state index contributed by atoms with van der Waals surface area (Å²) in [7, 11) is 0. The fourth-order valence-electron chi connectivity index (χ4n) is 4.09. The van der Waals surface area contributed by atoms with E-state index in [1.807, 2.05) is 16.7 Å². The van der Waals surface area contributed by atoms with Crippen LogP contribution in [0.5, 0.6) is 0 Å². The minimum absolute atomic E-state index is 0.120. The SMILES string of the molecule is Cc1nc2c(c(N3CCCC3)n1)CCN(C(=O)N(C(C)C)C(C)C)C2. The Hall–Kier alpha value is -1.85. The van der Waals surface area contributed by atoms with Crippen molar-refractivity contribution in [1.82, 2.24) is 19.8 Å². The van der Waals surface area contributed by atoms with Gasteiger partial charge in [-0.15, -0.1) is 0 Å². The van der Waals surface area contributed by atoms with E-state index in [0.717, 1.165) is 43.4 Å². The minimum atomic E-state index is 0.120. The van der Waals surface area contributed by atoms with Crippen LogP contribution < -0.4 is 4.90 Å². The summed E-state index contributed by atoms with van der Waals surface area (Å²) < 4.78 is 0. The highest BCUT2D eigenvalue weighted by atomic mass is 16.2. The fourth-order valence-corrected chi connectivity index (χ4v) is 4.09. The van der Waals surface area contributed by atoms with E-state index in [0.29, 0.717) is 6.54 Å². The topological polar surface area (TPSA) is 52.6 Å². The van der Waals surface area contributed by atoms with Crippen molar-refractivity contribution in [2.45, 2.75) is 72.5 Å². The number of hydrogen-bond acceptors (Lipinski definition) is 4. The number of amides is 2. The zero-order valence-corrected chi connectivity index (χ0v) is 16.2. The molecule has 2 aliphatic rings. The molecule has 0 radical (unpaired) electrons. The molecular weight excluding hydrogens is 314 g/mol. The van der Waals surface area contributed by atoms with Crippen LogP contribution in [0.1, 0.15) is 57.6 Å². The highest BCUT2D eigenvalue weighted by Gasteiger charge is 2.31. The van der Waals surface area contributed by atoms with Gasteiger partial charge in [-0.1, -0.05) is 0 Å². The molecule has 0 aliphatic carbocycles. The highest BCUT2D eigenvalue weighted by molar-refractivity contribution is 5.75. The number of hydrogen-bond donors (Lipinski definition) is 0. The van der Waals surface area contributed by atoms with Gasteiger partial charge in [0, 0.05) is 37.3 Å². The van der Waals surface area contributed by atoms with E-state index in [9.17, 15) is 4.79 Å². The third kappa shape index (κ3) is 3.58. The van der Waals surface area contributed by atoms with Gasteiger partial charge in [0.05, 0.1) is 12.2 Å². The number of rotatable bonds is 3. The van der Waals surface area contributed by atoms with Crippen molar-refractivity contribution in [1.29, 1.82) is 0 Å². The van der Waals surface area contributed by atoms with Gasteiger partial charge in [0.2, 0.25) is 0 Å². The maximum atomic E-state index is 13.0. The normalized spacial score (nSPS) is 17.4. The smallest absolute Gasteiger partial charge is 0.320 e. The van der Waals surface area contributed by atoms with Crippen molar-refractivity contribution < 1.29 is 4.79 Å². The number of aromatic nitrogens is 2. The third-order valence-electron chi connectivity index (χ3n) is 5.16. The van der Waals surface area contributed by atoms with Gasteiger partial charge in [-0.25, -0.2) is 14.8 Å². The zero-order chi connectivity index (χ0) is 18.1. The monoisotopic (exact) mass is 345 g/mol. The van der Waals surface area contributed by atoms with Crippen LogP contribution in [0.4, 0.5) is 10.6 Å². The number of carbonyl (C=O) groups is 1. The molecule has 138 valence electrons. The summed E-state index contributed by atoms with van der Waals surface area (Å²) in [5, 5.41) is 0. The van der Waals surface area contributed by atoms with Crippen LogP contribution in [0.15, 0.2) is 0 Å². The van der Waals surface area contributed by atoms with Gasteiger partial charge in [0.1, 0.15) is 11.6 Å². The third-order valence-corrected chi connectivity index (χ3v) is 5.16. The van der Waals surface area contributed by atoms with Gasteiger partial charge < -0.3 is 14.7 Å². The van der Waals surface area contributed by atoms with Gasteiger partial charge >= 0.3 is 6.03 Å². The molecule has 0 spiro atoms. The van der Waals surface area contributed by atoms with Crippen LogP contribution in [0.25, 0.3) is 0 Å². The molecule has 0 saturated carbocycles. The Bertz CT molecular complexity index is 629. The predicted octanol–water partition coefficient (Wildman–Crippen LogP) is 2.98. The Balaban J connectivity index is 1.85. The van der Waals surface area contributed by atoms with E-state index in [-0.39, 0.29) is 18.1 Å². The Morgan fingerprint density at radius 2 is 1.68 bits per heavy atom. The van der Waals surface area contributed by atoms with Crippen LogP contribution in [0.2, 0.25) is 0 Å². The van der Waals surface area contributed by atoms with Crippen molar-refractivity contribution in [3.05, 3.63) is 17.1 Å². The summed E-state index contributed by atoms with van der Waals surface area (Å²) in [6.07, 6.45) is 3.32. The first-order valence-electron chi connectivity index (χ1n) is 9.57. The second-order valence-corrected chi connectivity index (χ2v) is 7.76. The molecule has 1 fully saturated rings. The lowest BCUT2D eigenvalue weighted by molar-refractivity contribution is 0.119. The van der Waals surface area contributed by atoms with E-state index in [1.54, 1.807) is 0 Å². The Labute approximate surface area is 151 Å². The molecule has 1 saturated heterocycles. The number of anilines is 1. The van der Waals surface area contributed by atoms with Crippen molar-refractivity contribution in [2.24, 2.45) is 0 Å². The molecule has 6 nitrogen and oxygen atoms in total. The largest absolute Gasteiger partial charge is 0.356 e. The number of urea groups is 1. The molecule has 3 rings (SSSR count). The first-order valence-corrected chi connectivity index (χ1v) is 9.57. The molecule has 6 heteroatoms. The summed E-state index contributed by atoms with van der Waals surface area (Å²) in [6, 6.07) is 0.511. The van der Waals surface area contributed by atoms with Crippen molar-refractivity contribution >= 4 is 11.8 Å². The molecule has 2 aliphatic heterocycles. The Kier molecular flexibility index (Phi) is 5.16. The van der Waals surface area contributed by atoms with E-state index in [4.69, 9.17) is 4.98 Å². The molecule has 3 heterocycles. The average Bonchev–Trinajstić information content (AvgIpc) is 3.06. The minimum Gasteiger partial charge on any atom is -0.356 e. The van der Waals surface area contributed by atoms with E-state index in [2.05, 4.69) is 37.6 Å². The van der Waals surface area contributed by atoms with Crippen LogP contribution in [0, 0.1) is 6.92 Å². The second kappa shape index (κ2) is 7.18. The van der Waals surface area contributed by atoms with Crippen LogP contribution >= 0.6 is 0 Å². The maximum absolute atomic E-state index is 13.0. The quantitative estimate of drug-likeness (QED) is 0.845. The van der Waals surface area contributed by atoms with Crippen LogP contribution in [0.3, 0.4) is 0 Å². The van der Waals surface area contributed by atoms with E-state index < -0.39 is 0 Å². The lowest BCUT2D eigenvalue weighted by Gasteiger charge is -2.38. The molecule has 0 N–H and O–H groups in total. The number of fused-ring (bicyclic) bond motifs is 1. The molecule has 25 heavy (non-hydrogen) atoms. The summed E-state index contributed by atoms with van der Waals surface area (Å²) >= 11 is 0. The van der Waals surface area contributed by atoms with Crippen molar-refractivity contribution in [3.63, 3.8) is 0 Å². The number of nitrogens with zero attached hydrogens (tertiary/aromatic N) is 5. The first kappa shape index (κ1) is 18.0. The first-order chi connectivity index (χ1) is 11.9. The van der Waals surface area contributed by atoms with Gasteiger partial charge in [0.15, 0.2) is 0 Å². The molecule has 1 aromatic heterocycles. The zero-order valence-electron chi connectivity index (χ0n) is 16.2. The number of aryl methyl sites for hydroxylation is 1. The predicted molar refractivity (Wildman–Crippen MR) is 99.8 cm³/mol. The summed E-state index contributed by atoms with van der Waals surface area (Å²) in [4.78, 5) is 28.7. The molecular formula is C19H31N5O. The van der Waals surface area contributed by atoms with Gasteiger partial charge in [-0.05, 0) is 53.9 Å². The molecule has 1 aromatic rings. The van der Waals surface area contributed by atoms with Crippen LogP contribution in [-0.2, 0) is 13.0 Å². The van der Waals surface area contributed by atoms with Gasteiger partial charge in [-0.3, -0.25) is 0 Å². The maximum Gasteiger partial charge on any atom is 0.320 e. The van der Waals surface area contributed by atoms with Gasteiger partial charge in [0.25, 0.3) is 0 Å². The Morgan fingerprint density at radius 1 is 1.04 bits per heavy atom. The van der Waals surface area contributed by atoms with E-state index in [1.165, 1.54) is 18.4 Å². The number of carbonyl (C=O) groups excluding carboxylic acids is 1. The Morgan fingerprint density at radius 3 is 2.28 bits per heavy atom. The molecule has 0 bridgehead atoms. The summed E-state index contributed by atoms with van der Waals surface area (Å²) in [5.41, 5.74) is 2.28. The molecule has 0 unspecified atom stereocenters. The van der Waals surface area contributed by atoms with E-state index >= 15 is 0 Å². The lowest BCUT2D eigenvalue weighted by Crippen LogP contribution is -2.51. The molecule has 2 amide bonds. The standard InChI is InChI=1S/C19H31N5O/c1-13(2)24(14(3)4)19(25)23-11-8-16-17(12-23)20-15(5)21-18(16)22-9-6-7-10-22/h13-14H,6-12H2,1-5H3. The highest BCUT2D eigenvalue weighted by Crippen LogP contribution is 2.29.